The molecule has 28 heavy (non-hydrogen) atoms. The van der Waals surface area contributed by atoms with Crippen LogP contribution >= 0.6 is 0 Å². The lowest BCUT2D eigenvalue weighted by Gasteiger charge is -2.18. The predicted octanol–water partition coefficient (Wildman–Crippen LogP) is 7.24. The normalized spacial score (nSPS) is 11.9. The van der Waals surface area contributed by atoms with Crippen molar-refractivity contribution in [3.05, 3.63) is 0 Å². The molecule has 0 aromatic heterocycles. The zero-order valence-electron chi connectivity index (χ0n) is 19.5. The molecule has 1 amide bonds. The molecule has 1 atom stereocenters. The standard InChI is InChI=1S/C12H25NO.C11H25N.2CH4/c1-9(2)6-5-7-11(12(13)14)8-10(3)4;1-10(2)6-8-12(5)9-7-11(3)4;;/h9-11H,5-8H2,1-4H3,(H2,13,14);10-11H,6-9H2,1-5H3;2*1H4. The Labute approximate surface area is 180 Å². The number of primary amides is 1. The van der Waals surface area contributed by atoms with Crippen LogP contribution in [0, 0.1) is 29.6 Å². The fourth-order valence-electron chi connectivity index (χ4n) is 2.79. The highest BCUT2D eigenvalue weighted by Gasteiger charge is 2.16. The molecule has 0 fully saturated rings. The molecule has 3 heteroatoms. The molecule has 0 rings (SSSR count). The van der Waals surface area contributed by atoms with Crippen LogP contribution in [-0.4, -0.2) is 30.9 Å². The summed E-state index contributed by atoms with van der Waals surface area (Å²) in [5, 5.41) is 0. The lowest BCUT2D eigenvalue weighted by molar-refractivity contribution is -0.122. The minimum atomic E-state index is -0.123. The van der Waals surface area contributed by atoms with Crippen LogP contribution in [0.2, 0.25) is 0 Å². The SMILES string of the molecule is C.C.CC(C)CCCC(CC(C)C)C(N)=O.CC(C)CCN(C)CCC(C)C. The molecule has 0 aliphatic rings. The first-order chi connectivity index (χ1) is 12.0. The second kappa shape index (κ2) is 21.1. The maximum Gasteiger partial charge on any atom is 0.220 e. The Bertz CT molecular complexity index is 313. The van der Waals surface area contributed by atoms with Crippen LogP contribution in [0.4, 0.5) is 0 Å². The molecular weight excluding hydrogens is 344 g/mol. The summed E-state index contributed by atoms with van der Waals surface area (Å²) in [6.45, 7) is 20.4. The first kappa shape index (κ1) is 34.9. The van der Waals surface area contributed by atoms with Gasteiger partial charge in [-0.15, -0.1) is 0 Å². The molecule has 174 valence electrons. The van der Waals surface area contributed by atoms with E-state index in [-0.39, 0.29) is 26.7 Å². The Morgan fingerprint density at radius 3 is 1.39 bits per heavy atom. The van der Waals surface area contributed by atoms with E-state index in [0.29, 0.717) is 5.92 Å². The molecule has 2 N–H and O–H groups in total. The van der Waals surface area contributed by atoms with E-state index < -0.39 is 0 Å². The van der Waals surface area contributed by atoms with Crippen molar-refractivity contribution in [3.63, 3.8) is 0 Å². The van der Waals surface area contributed by atoms with Crippen molar-refractivity contribution in [1.82, 2.24) is 4.90 Å². The van der Waals surface area contributed by atoms with E-state index in [0.717, 1.165) is 37.0 Å². The summed E-state index contributed by atoms with van der Waals surface area (Å²) in [7, 11) is 2.23. The van der Waals surface area contributed by atoms with Gasteiger partial charge in [0.25, 0.3) is 0 Å². The van der Waals surface area contributed by atoms with Crippen molar-refractivity contribution in [2.45, 2.75) is 109 Å². The molecule has 0 heterocycles. The molecular formula is C25H58N2O. The third kappa shape index (κ3) is 27.6. The van der Waals surface area contributed by atoms with Gasteiger partial charge in [-0.3, -0.25) is 4.79 Å². The quantitative estimate of drug-likeness (QED) is 0.353. The van der Waals surface area contributed by atoms with Crippen LogP contribution in [0.25, 0.3) is 0 Å². The highest BCUT2D eigenvalue weighted by atomic mass is 16.1. The van der Waals surface area contributed by atoms with E-state index in [1.54, 1.807) is 0 Å². The summed E-state index contributed by atoms with van der Waals surface area (Å²) in [5.74, 6) is 2.93. The third-order valence-electron chi connectivity index (χ3n) is 4.67. The summed E-state index contributed by atoms with van der Waals surface area (Å²) in [5.41, 5.74) is 5.36. The maximum absolute atomic E-state index is 11.1. The van der Waals surface area contributed by atoms with Crippen LogP contribution in [0.5, 0.6) is 0 Å². The Morgan fingerprint density at radius 1 is 0.714 bits per heavy atom. The molecule has 3 nitrogen and oxygen atoms in total. The third-order valence-corrected chi connectivity index (χ3v) is 4.67. The topological polar surface area (TPSA) is 46.3 Å². The van der Waals surface area contributed by atoms with Crippen molar-refractivity contribution in [3.8, 4) is 0 Å². The van der Waals surface area contributed by atoms with E-state index in [9.17, 15) is 4.79 Å². The summed E-state index contributed by atoms with van der Waals surface area (Å²) in [6, 6.07) is 0. The smallest absolute Gasteiger partial charge is 0.220 e. The van der Waals surface area contributed by atoms with Crippen LogP contribution in [0.3, 0.4) is 0 Å². The highest BCUT2D eigenvalue weighted by Crippen LogP contribution is 2.19. The van der Waals surface area contributed by atoms with Gasteiger partial charge in [0.1, 0.15) is 0 Å². The molecule has 0 saturated carbocycles. The molecule has 0 aromatic rings. The van der Waals surface area contributed by atoms with Gasteiger partial charge in [0.2, 0.25) is 5.91 Å². The van der Waals surface area contributed by atoms with Gasteiger partial charge in [-0.2, -0.15) is 0 Å². The van der Waals surface area contributed by atoms with E-state index in [1.807, 2.05) is 0 Å². The zero-order valence-corrected chi connectivity index (χ0v) is 19.5. The number of nitrogens with zero attached hydrogens (tertiary/aromatic N) is 1. The molecule has 0 spiro atoms. The van der Waals surface area contributed by atoms with E-state index >= 15 is 0 Å². The van der Waals surface area contributed by atoms with Crippen molar-refractivity contribution >= 4 is 5.91 Å². The van der Waals surface area contributed by atoms with Crippen molar-refractivity contribution in [2.75, 3.05) is 20.1 Å². The lowest BCUT2D eigenvalue weighted by Crippen LogP contribution is -2.24. The number of hydrogen-bond donors (Lipinski definition) is 1. The van der Waals surface area contributed by atoms with Gasteiger partial charge in [-0.1, -0.05) is 83.1 Å². The first-order valence-corrected chi connectivity index (χ1v) is 10.9. The van der Waals surface area contributed by atoms with Gasteiger partial charge >= 0.3 is 0 Å². The second-order valence-corrected chi connectivity index (χ2v) is 9.72. The molecule has 0 saturated heterocycles. The fraction of sp³-hybridized carbons (Fsp3) is 0.960. The molecule has 1 unspecified atom stereocenters. The highest BCUT2D eigenvalue weighted by molar-refractivity contribution is 5.76. The monoisotopic (exact) mass is 402 g/mol. The Balaban J connectivity index is -0.000000194. The summed E-state index contributed by atoms with van der Waals surface area (Å²) in [6.07, 6.45) is 6.88. The van der Waals surface area contributed by atoms with Gasteiger partial charge in [-0.05, 0) is 69.5 Å². The van der Waals surface area contributed by atoms with E-state index in [1.165, 1.54) is 32.4 Å². The lowest BCUT2D eigenvalue weighted by atomic mass is 9.90. The van der Waals surface area contributed by atoms with Crippen molar-refractivity contribution < 1.29 is 4.79 Å². The van der Waals surface area contributed by atoms with Crippen LogP contribution in [0.1, 0.15) is 109 Å². The summed E-state index contributed by atoms with van der Waals surface area (Å²) >= 11 is 0. The van der Waals surface area contributed by atoms with E-state index in [2.05, 4.69) is 67.3 Å². The van der Waals surface area contributed by atoms with Crippen LogP contribution in [-0.2, 0) is 4.79 Å². The first-order valence-electron chi connectivity index (χ1n) is 10.9. The van der Waals surface area contributed by atoms with Gasteiger partial charge in [0, 0.05) is 5.92 Å². The number of carbonyl (C=O) groups excluding carboxylic acids is 1. The Kier molecular flexibility index (Phi) is 26.4. The average Bonchev–Trinajstić information content (AvgIpc) is 2.49. The second-order valence-electron chi connectivity index (χ2n) is 9.72. The number of amides is 1. The number of rotatable bonds is 13. The Morgan fingerprint density at radius 2 is 1.11 bits per heavy atom. The summed E-state index contributed by atoms with van der Waals surface area (Å²) < 4.78 is 0. The maximum atomic E-state index is 11.1. The number of hydrogen-bond acceptors (Lipinski definition) is 2. The average molecular weight is 403 g/mol. The van der Waals surface area contributed by atoms with E-state index in [4.69, 9.17) is 5.73 Å². The van der Waals surface area contributed by atoms with Gasteiger partial charge in [-0.25, -0.2) is 0 Å². The van der Waals surface area contributed by atoms with Gasteiger partial charge < -0.3 is 10.6 Å². The minimum Gasteiger partial charge on any atom is -0.369 e. The predicted molar refractivity (Wildman–Crippen MR) is 131 cm³/mol. The minimum absolute atomic E-state index is 0. The van der Waals surface area contributed by atoms with Crippen molar-refractivity contribution in [2.24, 2.45) is 35.3 Å². The molecule has 0 radical (unpaired) electrons. The van der Waals surface area contributed by atoms with Crippen LogP contribution in [0.15, 0.2) is 0 Å². The van der Waals surface area contributed by atoms with Crippen LogP contribution < -0.4 is 5.73 Å². The number of nitrogens with two attached hydrogens (primary N) is 1. The van der Waals surface area contributed by atoms with Gasteiger partial charge in [0.05, 0.1) is 0 Å². The molecule has 0 aliphatic heterocycles. The molecule has 0 aliphatic carbocycles. The largest absolute Gasteiger partial charge is 0.369 e. The van der Waals surface area contributed by atoms with Gasteiger partial charge in [0.15, 0.2) is 0 Å². The fourth-order valence-corrected chi connectivity index (χ4v) is 2.79. The molecule has 0 bridgehead atoms. The summed E-state index contributed by atoms with van der Waals surface area (Å²) in [4.78, 5) is 13.6. The zero-order chi connectivity index (χ0) is 20.7. The van der Waals surface area contributed by atoms with Crippen molar-refractivity contribution in [1.29, 1.82) is 0 Å². The Hall–Kier alpha value is -0.570. The number of carbonyl (C=O) groups is 1. The molecule has 0 aromatic carbocycles.